The van der Waals surface area contributed by atoms with E-state index in [0.29, 0.717) is 5.69 Å². The summed E-state index contributed by atoms with van der Waals surface area (Å²) < 4.78 is 0.901. The molecule has 3 rings (SSSR count). The van der Waals surface area contributed by atoms with Crippen molar-refractivity contribution in [3.8, 4) is 0 Å². The number of carbonyl (C=O) groups excluding carboxylic acids is 2. The molecule has 0 aromatic heterocycles. The molecule has 2 aromatic carbocycles. The van der Waals surface area contributed by atoms with E-state index in [1.807, 2.05) is 42.5 Å². The zero-order chi connectivity index (χ0) is 17.3. The van der Waals surface area contributed by atoms with Crippen LogP contribution in [-0.2, 0) is 9.59 Å². The molecule has 0 bridgehead atoms. The molecule has 1 heterocycles. The number of nitrogens with zero attached hydrogens (tertiary/aromatic N) is 1. The van der Waals surface area contributed by atoms with Crippen molar-refractivity contribution in [2.75, 3.05) is 4.90 Å². The van der Waals surface area contributed by atoms with Gasteiger partial charge in [0.25, 0.3) is 5.91 Å². The molecule has 1 N–H and O–H groups in total. The van der Waals surface area contributed by atoms with Gasteiger partial charge in [-0.2, -0.15) is 0 Å². The van der Waals surface area contributed by atoms with Crippen LogP contribution in [0.25, 0.3) is 0 Å². The van der Waals surface area contributed by atoms with Gasteiger partial charge in [0, 0.05) is 16.6 Å². The summed E-state index contributed by atoms with van der Waals surface area (Å²) in [4.78, 5) is 26.5. The van der Waals surface area contributed by atoms with Gasteiger partial charge < -0.3 is 5.11 Å². The summed E-state index contributed by atoms with van der Waals surface area (Å²) in [5.41, 5.74) is 1.57. The predicted molar refractivity (Wildman–Crippen MR) is 95.8 cm³/mol. The highest BCUT2D eigenvalue weighted by atomic mass is 79.9. The summed E-state index contributed by atoms with van der Waals surface area (Å²) >= 11 is 3.39. The number of rotatable bonds is 4. The molecule has 0 radical (unpaired) electrons. The van der Waals surface area contributed by atoms with Crippen molar-refractivity contribution in [3.63, 3.8) is 0 Å². The van der Waals surface area contributed by atoms with Gasteiger partial charge in [0.15, 0.2) is 11.5 Å². The van der Waals surface area contributed by atoms with Gasteiger partial charge in [-0.3, -0.25) is 14.5 Å². The highest BCUT2D eigenvalue weighted by Crippen LogP contribution is 2.41. The number of halogens is 1. The average molecular weight is 386 g/mol. The van der Waals surface area contributed by atoms with Crippen molar-refractivity contribution in [1.29, 1.82) is 0 Å². The van der Waals surface area contributed by atoms with Crippen molar-refractivity contribution < 1.29 is 14.7 Å². The molecule has 2 aromatic rings. The van der Waals surface area contributed by atoms with E-state index in [-0.39, 0.29) is 17.8 Å². The Morgan fingerprint density at radius 2 is 1.75 bits per heavy atom. The number of Topliss-reactive ketones (excluding diaryl/α,β-unsaturated/α-hetero) is 1. The van der Waals surface area contributed by atoms with E-state index in [1.54, 1.807) is 19.1 Å². The van der Waals surface area contributed by atoms with Crippen LogP contribution in [0.4, 0.5) is 5.69 Å². The van der Waals surface area contributed by atoms with Crippen LogP contribution < -0.4 is 4.90 Å². The Bertz CT molecular complexity index is 812. The first kappa shape index (κ1) is 16.5. The van der Waals surface area contributed by atoms with Crippen LogP contribution in [0.3, 0.4) is 0 Å². The van der Waals surface area contributed by atoms with Crippen LogP contribution in [0.5, 0.6) is 0 Å². The Morgan fingerprint density at radius 3 is 2.33 bits per heavy atom. The number of carbonyl (C=O) groups is 2. The van der Waals surface area contributed by atoms with Gasteiger partial charge in [0.2, 0.25) is 0 Å². The number of hydrogen-bond acceptors (Lipinski definition) is 3. The Hall–Kier alpha value is -2.40. The zero-order valence-electron chi connectivity index (χ0n) is 13.1. The standard InChI is InChI=1S/C19H16BrNO3/c1-2-15(22)16-17(12-8-10-13(20)11-9-12)21(19(24)18(16)23)14-6-4-3-5-7-14/h3-11,17,23H,2H2,1H3. The second-order valence-corrected chi connectivity index (χ2v) is 6.42. The molecule has 0 fully saturated rings. The molecule has 0 spiro atoms. The van der Waals surface area contributed by atoms with E-state index in [1.165, 1.54) is 4.90 Å². The van der Waals surface area contributed by atoms with E-state index < -0.39 is 17.7 Å². The third-order valence-corrected chi connectivity index (χ3v) is 4.58. The van der Waals surface area contributed by atoms with Gasteiger partial charge >= 0.3 is 0 Å². The predicted octanol–water partition coefficient (Wildman–Crippen LogP) is 4.33. The van der Waals surface area contributed by atoms with E-state index in [2.05, 4.69) is 15.9 Å². The number of hydrogen-bond donors (Lipinski definition) is 1. The first-order valence-electron chi connectivity index (χ1n) is 7.65. The van der Waals surface area contributed by atoms with Gasteiger partial charge in [0.1, 0.15) is 0 Å². The highest BCUT2D eigenvalue weighted by Gasteiger charge is 2.43. The summed E-state index contributed by atoms with van der Waals surface area (Å²) in [7, 11) is 0. The van der Waals surface area contributed by atoms with Crippen LogP contribution in [-0.4, -0.2) is 16.8 Å². The monoisotopic (exact) mass is 385 g/mol. The summed E-state index contributed by atoms with van der Waals surface area (Å²) in [6.45, 7) is 1.72. The summed E-state index contributed by atoms with van der Waals surface area (Å²) in [6, 6.07) is 15.8. The molecule has 1 unspecified atom stereocenters. The zero-order valence-corrected chi connectivity index (χ0v) is 14.7. The Labute approximate surface area is 148 Å². The number of aliphatic hydroxyl groups excluding tert-OH is 1. The molecule has 5 heteroatoms. The number of anilines is 1. The lowest BCUT2D eigenvalue weighted by Gasteiger charge is -2.27. The minimum atomic E-state index is -0.625. The quantitative estimate of drug-likeness (QED) is 0.851. The maximum Gasteiger partial charge on any atom is 0.294 e. The lowest BCUT2D eigenvalue weighted by Crippen LogP contribution is -2.30. The summed E-state index contributed by atoms with van der Waals surface area (Å²) in [6.07, 6.45) is 0.225. The van der Waals surface area contributed by atoms with Gasteiger partial charge in [-0.25, -0.2) is 0 Å². The van der Waals surface area contributed by atoms with Crippen LogP contribution in [0.1, 0.15) is 24.9 Å². The molecule has 4 nitrogen and oxygen atoms in total. The first-order chi connectivity index (χ1) is 11.5. The molecule has 0 aliphatic carbocycles. The normalized spacial score (nSPS) is 17.5. The Morgan fingerprint density at radius 1 is 1.12 bits per heavy atom. The van der Waals surface area contributed by atoms with Crippen molar-refractivity contribution >= 4 is 33.3 Å². The number of ketones is 1. The molecular formula is C19H16BrNO3. The summed E-state index contributed by atoms with van der Waals surface area (Å²) in [5, 5.41) is 10.3. The largest absolute Gasteiger partial charge is 0.503 e. The number of benzene rings is 2. The Kier molecular flexibility index (Phi) is 4.53. The van der Waals surface area contributed by atoms with E-state index in [4.69, 9.17) is 0 Å². The lowest BCUT2D eigenvalue weighted by atomic mass is 9.95. The number of aliphatic hydroxyl groups is 1. The first-order valence-corrected chi connectivity index (χ1v) is 8.44. The van der Waals surface area contributed by atoms with Gasteiger partial charge in [0.05, 0.1) is 11.6 Å². The molecule has 1 amide bonds. The molecular weight excluding hydrogens is 370 g/mol. The third-order valence-electron chi connectivity index (χ3n) is 4.05. The third kappa shape index (κ3) is 2.76. The molecule has 1 aliphatic rings. The molecule has 1 aliphatic heterocycles. The maximum atomic E-state index is 12.6. The van der Waals surface area contributed by atoms with Gasteiger partial charge in [-0.15, -0.1) is 0 Å². The lowest BCUT2D eigenvalue weighted by molar-refractivity contribution is -0.118. The molecule has 0 saturated heterocycles. The SMILES string of the molecule is CCC(=O)C1=C(O)C(=O)N(c2ccccc2)C1c1ccc(Br)cc1. The van der Waals surface area contributed by atoms with E-state index in [9.17, 15) is 14.7 Å². The van der Waals surface area contributed by atoms with Gasteiger partial charge in [-0.05, 0) is 29.8 Å². The van der Waals surface area contributed by atoms with Crippen LogP contribution in [0, 0.1) is 0 Å². The van der Waals surface area contributed by atoms with Crippen LogP contribution >= 0.6 is 15.9 Å². The van der Waals surface area contributed by atoms with Crippen LogP contribution in [0.2, 0.25) is 0 Å². The summed E-state index contributed by atoms with van der Waals surface area (Å²) in [5.74, 6) is -1.24. The smallest absolute Gasteiger partial charge is 0.294 e. The Balaban J connectivity index is 2.17. The van der Waals surface area contributed by atoms with Gasteiger partial charge in [-0.1, -0.05) is 53.2 Å². The van der Waals surface area contributed by atoms with Crippen molar-refractivity contribution in [2.45, 2.75) is 19.4 Å². The fraction of sp³-hybridized carbons (Fsp3) is 0.158. The second kappa shape index (κ2) is 6.61. The van der Waals surface area contributed by atoms with Crippen molar-refractivity contribution in [2.24, 2.45) is 0 Å². The maximum absolute atomic E-state index is 12.6. The fourth-order valence-corrected chi connectivity index (χ4v) is 3.16. The second-order valence-electron chi connectivity index (χ2n) is 5.50. The molecule has 1 atom stereocenters. The highest BCUT2D eigenvalue weighted by molar-refractivity contribution is 9.10. The molecule has 122 valence electrons. The number of para-hydroxylation sites is 1. The number of amides is 1. The minimum Gasteiger partial charge on any atom is -0.503 e. The average Bonchev–Trinajstić information content (AvgIpc) is 2.87. The fourth-order valence-electron chi connectivity index (χ4n) is 2.90. The van der Waals surface area contributed by atoms with Crippen molar-refractivity contribution in [1.82, 2.24) is 0 Å². The van der Waals surface area contributed by atoms with Crippen molar-refractivity contribution in [3.05, 3.63) is 76.0 Å². The topological polar surface area (TPSA) is 57.6 Å². The van der Waals surface area contributed by atoms with E-state index in [0.717, 1.165) is 10.0 Å². The molecule has 24 heavy (non-hydrogen) atoms. The molecule has 0 saturated carbocycles. The van der Waals surface area contributed by atoms with Crippen LogP contribution in [0.15, 0.2) is 70.4 Å². The van der Waals surface area contributed by atoms with E-state index >= 15 is 0 Å². The minimum absolute atomic E-state index is 0.161.